The van der Waals surface area contributed by atoms with E-state index in [1.165, 1.54) is 0 Å². The van der Waals surface area contributed by atoms with Crippen molar-refractivity contribution in [2.24, 2.45) is 0 Å². The van der Waals surface area contributed by atoms with Crippen molar-refractivity contribution in [1.82, 2.24) is 24.9 Å². The fourth-order valence-corrected chi connectivity index (χ4v) is 5.45. The predicted octanol–water partition coefficient (Wildman–Crippen LogP) is 6.37. The Morgan fingerprint density at radius 1 is 0.755 bits per heavy atom. The van der Waals surface area contributed by atoms with E-state index in [0.29, 0.717) is 76.6 Å². The molecule has 49 heavy (non-hydrogen) atoms. The first kappa shape index (κ1) is 33.6. The van der Waals surface area contributed by atoms with E-state index in [0.717, 1.165) is 16.8 Å². The standard InChI is InChI=1S/C34H34ClN9O4S/c1-20-6-5-7-24(16-20)36-34(49)43-32-40-31(41-33(42-32)44-12-14-48-15-13-44)39-30-37-25(21-8-10-23(35)11-9-21)19-26(38-30)22-17-27(45-2)29(47-4)28(18-22)46-3/h5-11,16-19H,12-15H2,1-4H3,(H3,36,37,38,39,40,41,42,43,49). The number of hydrogen-bond donors (Lipinski definition) is 3. The van der Waals surface area contributed by atoms with Crippen molar-refractivity contribution >= 4 is 58.4 Å². The first-order valence-electron chi connectivity index (χ1n) is 15.3. The minimum Gasteiger partial charge on any atom is -0.493 e. The molecule has 0 aliphatic carbocycles. The maximum atomic E-state index is 6.20. The molecule has 1 aliphatic rings. The van der Waals surface area contributed by atoms with Gasteiger partial charge in [0.15, 0.2) is 16.6 Å². The van der Waals surface area contributed by atoms with Gasteiger partial charge in [-0.3, -0.25) is 5.32 Å². The Morgan fingerprint density at radius 3 is 2.06 bits per heavy atom. The monoisotopic (exact) mass is 699 g/mol. The van der Waals surface area contributed by atoms with Crippen molar-refractivity contribution in [3.8, 4) is 39.8 Å². The van der Waals surface area contributed by atoms with E-state index < -0.39 is 0 Å². The van der Waals surface area contributed by atoms with Crippen LogP contribution in [0.4, 0.5) is 29.5 Å². The number of morpholine rings is 1. The molecule has 0 bridgehead atoms. The average molecular weight is 700 g/mol. The van der Waals surface area contributed by atoms with Crippen LogP contribution in [0.3, 0.4) is 0 Å². The number of aromatic nitrogens is 5. The SMILES string of the molecule is COc1cc(-c2cc(-c3ccc(Cl)cc3)nc(Nc3nc(NC(=S)Nc4cccc(C)c4)nc(N4CCOCC4)n3)n2)cc(OC)c1OC. The fraction of sp³-hybridized carbons (Fsp3) is 0.235. The maximum absolute atomic E-state index is 6.20. The lowest BCUT2D eigenvalue weighted by molar-refractivity contribution is 0.122. The van der Waals surface area contributed by atoms with E-state index in [1.54, 1.807) is 33.5 Å². The Hall–Kier alpha value is -5.31. The zero-order valence-corrected chi connectivity index (χ0v) is 28.9. The van der Waals surface area contributed by atoms with Crippen LogP contribution in [-0.4, -0.2) is 77.7 Å². The molecule has 3 N–H and O–H groups in total. The number of anilines is 5. The van der Waals surface area contributed by atoms with Crippen molar-refractivity contribution in [1.29, 1.82) is 0 Å². The number of hydrogen-bond acceptors (Lipinski definition) is 12. The van der Waals surface area contributed by atoms with Crippen molar-refractivity contribution in [2.45, 2.75) is 6.92 Å². The number of thiocarbonyl (C=S) groups is 1. The molecule has 3 aromatic carbocycles. The van der Waals surface area contributed by atoms with Crippen LogP contribution < -0.4 is 35.1 Å². The smallest absolute Gasteiger partial charge is 0.236 e. The van der Waals surface area contributed by atoms with Crippen LogP contribution in [0.1, 0.15) is 5.56 Å². The molecule has 2 aromatic heterocycles. The zero-order chi connectivity index (χ0) is 34.3. The van der Waals surface area contributed by atoms with Gasteiger partial charge < -0.3 is 34.5 Å². The molecule has 0 atom stereocenters. The predicted molar refractivity (Wildman–Crippen MR) is 195 cm³/mol. The van der Waals surface area contributed by atoms with Crippen LogP contribution in [0.15, 0.2) is 66.7 Å². The Kier molecular flexibility index (Phi) is 10.5. The molecular weight excluding hydrogens is 666 g/mol. The molecule has 13 nitrogen and oxygen atoms in total. The van der Waals surface area contributed by atoms with Crippen LogP contribution in [0.5, 0.6) is 17.2 Å². The van der Waals surface area contributed by atoms with Gasteiger partial charge in [0, 0.05) is 34.9 Å². The third-order valence-corrected chi connectivity index (χ3v) is 7.93. The largest absolute Gasteiger partial charge is 0.493 e. The summed E-state index contributed by atoms with van der Waals surface area (Å²) in [4.78, 5) is 25.7. The van der Waals surface area contributed by atoms with Gasteiger partial charge in [-0.1, -0.05) is 35.9 Å². The second-order valence-electron chi connectivity index (χ2n) is 10.8. The summed E-state index contributed by atoms with van der Waals surface area (Å²) in [5.41, 5.74) is 4.66. The molecule has 0 spiro atoms. The van der Waals surface area contributed by atoms with E-state index >= 15 is 0 Å². The average Bonchev–Trinajstić information content (AvgIpc) is 3.11. The van der Waals surface area contributed by atoms with Crippen LogP contribution in [0.25, 0.3) is 22.5 Å². The molecule has 0 saturated carbocycles. The summed E-state index contributed by atoms with van der Waals surface area (Å²) in [6.45, 7) is 4.34. The second-order valence-corrected chi connectivity index (χ2v) is 11.7. The molecular formula is C34H34ClN9O4S. The first-order chi connectivity index (χ1) is 23.8. The van der Waals surface area contributed by atoms with E-state index in [-0.39, 0.29) is 17.8 Å². The van der Waals surface area contributed by atoms with Gasteiger partial charge in [-0.2, -0.15) is 15.0 Å². The number of rotatable bonds is 10. The first-order valence-corrected chi connectivity index (χ1v) is 16.1. The van der Waals surface area contributed by atoms with E-state index in [4.69, 9.17) is 57.7 Å². The van der Waals surface area contributed by atoms with E-state index in [9.17, 15) is 0 Å². The molecule has 1 saturated heterocycles. The van der Waals surface area contributed by atoms with E-state index in [2.05, 4.69) is 25.9 Å². The lowest BCUT2D eigenvalue weighted by Crippen LogP contribution is -2.37. The highest BCUT2D eigenvalue weighted by Gasteiger charge is 2.20. The van der Waals surface area contributed by atoms with Crippen molar-refractivity contribution in [3.63, 3.8) is 0 Å². The number of halogens is 1. The molecule has 0 radical (unpaired) electrons. The number of aryl methyl sites for hydroxylation is 1. The van der Waals surface area contributed by atoms with Crippen molar-refractivity contribution < 1.29 is 18.9 Å². The van der Waals surface area contributed by atoms with E-state index in [1.807, 2.05) is 66.4 Å². The van der Waals surface area contributed by atoms with Gasteiger partial charge in [-0.05, 0) is 67.2 Å². The highest BCUT2D eigenvalue weighted by molar-refractivity contribution is 7.80. The number of methoxy groups -OCH3 is 3. The fourth-order valence-electron chi connectivity index (χ4n) is 5.12. The lowest BCUT2D eigenvalue weighted by atomic mass is 10.1. The summed E-state index contributed by atoms with van der Waals surface area (Å²) in [6, 6.07) is 20.8. The molecule has 3 heterocycles. The summed E-state index contributed by atoms with van der Waals surface area (Å²) < 4.78 is 22.3. The highest BCUT2D eigenvalue weighted by Crippen LogP contribution is 2.41. The number of nitrogens with one attached hydrogen (secondary N) is 3. The Morgan fingerprint density at radius 2 is 1.41 bits per heavy atom. The minimum absolute atomic E-state index is 0.210. The Labute approximate surface area is 294 Å². The van der Waals surface area contributed by atoms with Gasteiger partial charge in [0.05, 0.1) is 45.9 Å². The maximum Gasteiger partial charge on any atom is 0.236 e. The number of ether oxygens (including phenoxy) is 4. The van der Waals surface area contributed by atoms with Crippen LogP contribution in [0.2, 0.25) is 5.02 Å². The summed E-state index contributed by atoms with van der Waals surface area (Å²) in [6.07, 6.45) is 0. The minimum atomic E-state index is 0.210. The van der Waals surface area contributed by atoms with Crippen molar-refractivity contribution in [2.75, 3.05) is 68.5 Å². The van der Waals surface area contributed by atoms with Gasteiger partial charge in [0.2, 0.25) is 29.5 Å². The number of benzene rings is 3. The molecule has 0 amide bonds. The molecule has 1 aliphatic heterocycles. The van der Waals surface area contributed by atoms with Gasteiger partial charge in [0.1, 0.15) is 0 Å². The van der Waals surface area contributed by atoms with Gasteiger partial charge in [-0.25, -0.2) is 9.97 Å². The zero-order valence-electron chi connectivity index (χ0n) is 27.3. The van der Waals surface area contributed by atoms with Crippen molar-refractivity contribution in [3.05, 3.63) is 77.3 Å². The van der Waals surface area contributed by atoms with Crippen LogP contribution in [0, 0.1) is 6.92 Å². The molecule has 5 aromatic rings. The molecule has 252 valence electrons. The molecule has 1 fully saturated rings. The lowest BCUT2D eigenvalue weighted by Gasteiger charge is -2.27. The summed E-state index contributed by atoms with van der Waals surface area (Å²) in [5, 5.41) is 10.4. The summed E-state index contributed by atoms with van der Waals surface area (Å²) in [7, 11) is 4.68. The Bertz CT molecular complexity index is 1930. The quantitative estimate of drug-likeness (QED) is 0.139. The molecule has 6 rings (SSSR count). The third kappa shape index (κ3) is 8.23. The van der Waals surface area contributed by atoms with Gasteiger partial charge in [0.25, 0.3) is 0 Å². The molecule has 0 unspecified atom stereocenters. The van der Waals surface area contributed by atoms with Crippen LogP contribution >= 0.6 is 23.8 Å². The Balaban J connectivity index is 1.39. The third-order valence-electron chi connectivity index (χ3n) is 7.47. The normalized spacial score (nSPS) is 12.6. The molecule has 15 heteroatoms. The van der Waals surface area contributed by atoms with Gasteiger partial charge in [-0.15, -0.1) is 0 Å². The summed E-state index contributed by atoms with van der Waals surface area (Å²) in [5.74, 6) is 2.56. The topological polar surface area (TPSA) is 141 Å². The number of nitrogens with zero attached hydrogens (tertiary/aromatic N) is 6. The highest BCUT2D eigenvalue weighted by atomic mass is 35.5. The van der Waals surface area contributed by atoms with Crippen LogP contribution in [-0.2, 0) is 4.74 Å². The van der Waals surface area contributed by atoms with Gasteiger partial charge >= 0.3 is 0 Å². The summed E-state index contributed by atoms with van der Waals surface area (Å²) >= 11 is 11.8. The second kappa shape index (κ2) is 15.3.